The molecule has 1 aromatic carbocycles. The quantitative estimate of drug-likeness (QED) is 0.769. The Morgan fingerprint density at radius 3 is 2.67 bits per heavy atom. The number of nitrogens with zero attached hydrogens (tertiary/aromatic N) is 1. The van der Waals surface area contributed by atoms with E-state index in [0.29, 0.717) is 11.3 Å². The zero-order chi connectivity index (χ0) is 11.5. The van der Waals surface area contributed by atoms with Crippen LogP contribution in [0.4, 0.5) is 0 Å². The van der Waals surface area contributed by atoms with Gasteiger partial charge in [0.25, 0.3) is 0 Å². The third-order valence-electron chi connectivity index (χ3n) is 1.78. The molecular weight excluding hydrogens is 254 g/mol. The van der Waals surface area contributed by atoms with Crippen molar-refractivity contribution in [1.82, 2.24) is 0 Å². The van der Waals surface area contributed by atoms with Crippen molar-refractivity contribution in [1.29, 1.82) is 5.26 Å². The van der Waals surface area contributed by atoms with Gasteiger partial charge in [-0.25, -0.2) is 0 Å². The molecule has 0 atom stereocenters. The zero-order valence-corrected chi connectivity index (χ0v) is 10.1. The van der Waals surface area contributed by atoms with Crippen LogP contribution in [0, 0.1) is 23.7 Å². The van der Waals surface area contributed by atoms with Gasteiger partial charge in [-0.05, 0) is 32.0 Å². The van der Waals surface area contributed by atoms with E-state index >= 15 is 0 Å². The maximum absolute atomic E-state index is 8.88. The fourth-order valence-corrected chi connectivity index (χ4v) is 1.32. The van der Waals surface area contributed by atoms with Gasteiger partial charge in [-0.2, -0.15) is 5.26 Å². The highest BCUT2D eigenvalue weighted by atomic mass is 79.9. The summed E-state index contributed by atoms with van der Waals surface area (Å²) >= 11 is 3.31. The molecule has 0 bridgehead atoms. The molecule has 0 amide bonds. The summed E-state index contributed by atoms with van der Waals surface area (Å²) in [6.45, 7) is 3.55. The summed E-state index contributed by atoms with van der Waals surface area (Å²) in [5, 5.41) is 8.88. The molecule has 0 aliphatic carbocycles. The summed E-state index contributed by atoms with van der Waals surface area (Å²) in [7, 11) is 0. The van der Waals surface area contributed by atoms with Crippen molar-refractivity contribution in [2.75, 3.05) is 0 Å². The van der Waals surface area contributed by atoms with Gasteiger partial charge in [-0.15, -0.1) is 6.42 Å². The molecule has 0 aliphatic rings. The monoisotopic (exact) mass is 263 g/mol. The molecule has 0 unspecified atom stereocenters. The van der Waals surface area contributed by atoms with Crippen LogP contribution in [0.5, 0.6) is 5.75 Å². The Labute approximate surface area is 98.0 Å². The molecule has 0 fully saturated rings. The molecule has 0 saturated heterocycles. The highest BCUT2D eigenvalue weighted by molar-refractivity contribution is 9.10. The molecule has 1 rings (SSSR count). The minimum absolute atomic E-state index is 0.474. The van der Waals surface area contributed by atoms with Crippen LogP contribution < -0.4 is 4.74 Å². The second kappa shape index (κ2) is 4.38. The third kappa shape index (κ3) is 3.01. The minimum Gasteiger partial charge on any atom is -0.474 e. The van der Waals surface area contributed by atoms with Gasteiger partial charge >= 0.3 is 0 Å². The normalized spacial score (nSPS) is 10.2. The Morgan fingerprint density at radius 1 is 1.47 bits per heavy atom. The van der Waals surface area contributed by atoms with Gasteiger partial charge < -0.3 is 4.74 Å². The molecular formula is C12H10BrNO. The lowest BCUT2D eigenvalue weighted by molar-refractivity contribution is 0.172. The number of rotatable bonds is 2. The summed E-state index contributed by atoms with van der Waals surface area (Å²) in [6.07, 6.45) is 5.31. The number of hydrogen-bond acceptors (Lipinski definition) is 2. The summed E-state index contributed by atoms with van der Waals surface area (Å²) in [6, 6.07) is 7.26. The van der Waals surface area contributed by atoms with E-state index < -0.39 is 5.60 Å². The SMILES string of the molecule is C#CC(C)(C)Oc1cc(Br)ccc1C#N. The van der Waals surface area contributed by atoms with Crippen LogP contribution in [-0.4, -0.2) is 5.60 Å². The van der Waals surface area contributed by atoms with E-state index in [1.165, 1.54) is 0 Å². The lowest BCUT2D eigenvalue weighted by atomic mass is 10.1. The summed E-state index contributed by atoms with van der Waals surface area (Å²) < 4.78 is 6.42. The maximum Gasteiger partial charge on any atom is 0.163 e. The van der Waals surface area contributed by atoms with Crippen LogP contribution in [-0.2, 0) is 0 Å². The van der Waals surface area contributed by atoms with E-state index in [9.17, 15) is 0 Å². The average Bonchev–Trinajstić information content (AvgIpc) is 2.18. The van der Waals surface area contributed by atoms with Gasteiger partial charge in [0, 0.05) is 4.47 Å². The Balaban J connectivity index is 3.10. The topological polar surface area (TPSA) is 33.0 Å². The zero-order valence-electron chi connectivity index (χ0n) is 8.54. The lowest BCUT2D eigenvalue weighted by Gasteiger charge is -2.20. The van der Waals surface area contributed by atoms with Crippen LogP contribution in [0.1, 0.15) is 19.4 Å². The smallest absolute Gasteiger partial charge is 0.163 e. The van der Waals surface area contributed by atoms with E-state index in [1.54, 1.807) is 32.0 Å². The fourth-order valence-electron chi connectivity index (χ4n) is 0.977. The molecule has 0 spiro atoms. The minimum atomic E-state index is -0.716. The molecule has 1 aromatic rings. The molecule has 0 N–H and O–H groups in total. The summed E-state index contributed by atoms with van der Waals surface area (Å²) in [4.78, 5) is 0. The summed E-state index contributed by atoms with van der Waals surface area (Å²) in [5.41, 5.74) is -0.242. The first kappa shape index (κ1) is 11.6. The number of nitriles is 1. The molecule has 76 valence electrons. The molecule has 15 heavy (non-hydrogen) atoms. The van der Waals surface area contributed by atoms with Gasteiger partial charge in [-0.1, -0.05) is 21.9 Å². The van der Waals surface area contributed by atoms with E-state index in [-0.39, 0.29) is 0 Å². The first-order valence-electron chi connectivity index (χ1n) is 4.35. The highest BCUT2D eigenvalue weighted by Crippen LogP contribution is 2.26. The van der Waals surface area contributed by atoms with E-state index in [4.69, 9.17) is 16.4 Å². The van der Waals surface area contributed by atoms with Crippen LogP contribution in [0.3, 0.4) is 0 Å². The predicted molar refractivity (Wildman–Crippen MR) is 62.4 cm³/mol. The number of terminal acetylenes is 1. The van der Waals surface area contributed by atoms with Crippen molar-refractivity contribution in [2.45, 2.75) is 19.4 Å². The number of hydrogen-bond donors (Lipinski definition) is 0. The molecule has 3 heteroatoms. The third-order valence-corrected chi connectivity index (χ3v) is 2.27. The summed E-state index contributed by atoms with van der Waals surface area (Å²) in [5.74, 6) is 3.01. The Bertz CT molecular complexity index is 452. The Hall–Kier alpha value is -1.45. The lowest BCUT2D eigenvalue weighted by Crippen LogP contribution is -2.25. The van der Waals surface area contributed by atoms with E-state index in [2.05, 4.69) is 27.9 Å². The van der Waals surface area contributed by atoms with Gasteiger partial charge in [0.1, 0.15) is 11.8 Å². The molecule has 0 saturated carbocycles. The molecule has 0 heterocycles. The standard InChI is InChI=1S/C12H10BrNO/c1-4-12(2,3)15-11-7-10(13)6-5-9(11)8-14/h1,5-7H,2-3H3. The molecule has 2 nitrogen and oxygen atoms in total. The van der Waals surface area contributed by atoms with Crippen molar-refractivity contribution >= 4 is 15.9 Å². The van der Waals surface area contributed by atoms with Crippen molar-refractivity contribution in [3.8, 4) is 24.2 Å². The number of benzene rings is 1. The largest absolute Gasteiger partial charge is 0.474 e. The van der Waals surface area contributed by atoms with Crippen LogP contribution in [0.2, 0.25) is 0 Å². The first-order chi connectivity index (χ1) is 6.98. The highest BCUT2D eigenvalue weighted by Gasteiger charge is 2.17. The number of halogens is 1. The Morgan fingerprint density at radius 2 is 2.13 bits per heavy atom. The van der Waals surface area contributed by atoms with Crippen molar-refractivity contribution in [2.24, 2.45) is 0 Å². The molecule has 0 aromatic heterocycles. The van der Waals surface area contributed by atoms with Gasteiger partial charge in [0.2, 0.25) is 0 Å². The second-order valence-corrected chi connectivity index (χ2v) is 4.42. The first-order valence-corrected chi connectivity index (χ1v) is 5.14. The van der Waals surface area contributed by atoms with Gasteiger partial charge in [-0.3, -0.25) is 0 Å². The van der Waals surface area contributed by atoms with Crippen molar-refractivity contribution in [3.63, 3.8) is 0 Å². The van der Waals surface area contributed by atoms with Crippen LogP contribution >= 0.6 is 15.9 Å². The van der Waals surface area contributed by atoms with E-state index in [0.717, 1.165) is 4.47 Å². The number of ether oxygens (including phenoxy) is 1. The van der Waals surface area contributed by atoms with Gasteiger partial charge in [0.15, 0.2) is 5.60 Å². The van der Waals surface area contributed by atoms with Crippen LogP contribution in [0.25, 0.3) is 0 Å². The van der Waals surface area contributed by atoms with Crippen molar-refractivity contribution in [3.05, 3.63) is 28.2 Å². The fraction of sp³-hybridized carbons (Fsp3) is 0.250. The second-order valence-electron chi connectivity index (χ2n) is 3.51. The Kier molecular flexibility index (Phi) is 3.39. The molecule has 0 aliphatic heterocycles. The van der Waals surface area contributed by atoms with Crippen molar-refractivity contribution < 1.29 is 4.74 Å². The predicted octanol–water partition coefficient (Wildman–Crippen LogP) is 3.11. The molecule has 0 radical (unpaired) electrons. The van der Waals surface area contributed by atoms with E-state index in [1.807, 2.05) is 0 Å². The van der Waals surface area contributed by atoms with Crippen LogP contribution in [0.15, 0.2) is 22.7 Å². The average molecular weight is 264 g/mol. The van der Waals surface area contributed by atoms with Gasteiger partial charge in [0.05, 0.1) is 5.56 Å². The maximum atomic E-state index is 8.88.